The molecule has 0 saturated heterocycles. The lowest BCUT2D eigenvalue weighted by molar-refractivity contribution is -0.137. The van der Waals surface area contributed by atoms with Crippen LogP contribution in [0.25, 0.3) is 33.5 Å². The average Bonchev–Trinajstić information content (AvgIpc) is 3.15. The summed E-state index contributed by atoms with van der Waals surface area (Å²) in [5, 5.41) is 12.9. The van der Waals surface area contributed by atoms with Crippen molar-refractivity contribution in [3.05, 3.63) is 82.4 Å². The van der Waals surface area contributed by atoms with E-state index < -0.39 is 17.3 Å². The van der Waals surface area contributed by atoms with Crippen LogP contribution in [0.1, 0.15) is 11.3 Å². The van der Waals surface area contributed by atoms with Gasteiger partial charge in [-0.1, -0.05) is 18.2 Å². The summed E-state index contributed by atoms with van der Waals surface area (Å²) in [5.74, 6) is 0.708. The van der Waals surface area contributed by atoms with Gasteiger partial charge in [-0.25, -0.2) is 4.52 Å². The molecule has 0 bridgehead atoms. The van der Waals surface area contributed by atoms with Crippen molar-refractivity contribution in [1.82, 2.24) is 24.4 Å². The van der Waals surface area contributed by atoms with Gasteiger partial charge in [0.05, 0.1) is 23.9 Å². The fraction of sp³-hybridized carbons (Fsp3) is 0.130. The highest BCUT2D eigenvalue weighted by atomic mass is 19.4. The minimum atomic E-state index is -4.52. The molecule has 0 fully saturated rings. The van der Waals surface area contributed by atoms with Crippen molar-refractivity contribution in [3.8, 4) is 22.6 Å². The fourth-order valence-corrected chi connectivity index (χ4v) is 3.78. The summed E-state index contributed by atoms with van der Waals surface area (Å²) in [6.07, 6.45) is -3.11. The van der Waals surface area contributed by atoms with Crippen LogP contribution in [-0.2, 0) is 6.18 Å². The first kappa shape index (κ1) is 20.7. The SMILES string of the molecule is COc1ccc(-c2c(C)nn3c2nnc2c(=O)n(-c4cccc(C(F)(F)F)c4)ccc23)cc1. The van der Waals surface area contributed by atoms with Crippen LogP contribution in [-0.4, -0.2) is 31.5 Å². The molecule has 0 spiro atoms. The van der Waals surface area contributed by atoms with E-state index in [9.17, 15) is 18.0 Å². The van der Waals surface area contributed by atoms with Gasteiger partial charge in [-0.3, -0.25) is 9.36 Å². The van der Waals surface area contributed by atoms with Gasteiger partial charge in [0.25, 0.3) is 5.56 Å². The molecule has 2 aromatic carbocycles. The molecule has 0 N–H and O–H groups in total. The first-order chi connectivity index (χ1) is 15.8. The fourth-order valence-electron chi connectivity index (χ4n) is 3.78. The second kappa shape index (κ2) is 7.44. The van der Waals surface area contributed by atoms with E-state index in [2.05, 4.69) is 15.3 Å². The number of ether oxygens (including phenoxy) is 1. The van der Waals surface area contributed by atoms with Gasteiger partial charge in [0.1, 0.15) is 11.3 Å². The summed E-state index contributed by atoms with van der Waals surface area (Å²) >= 11 is 0. The zero-order chi connectivity index (χ0) is 23.3. The molecule has 0 unspecified atom stereocenters. The zero-order valence-corrected chi connectivity index (χ0v) is 17.5. The van der Waals surface area contributed by atoms with E-state index in [1.54, 1.807) is 13.2 Å². The zero-order valence-electron chi connectivity index (χ0n) is 17.5. The summed E-state index contributed by atoms with van der Waals surface area (Å²) in [4.78, 5) is 13.1. The van der Waals surface area contributed by atoms with E-state index in [0.717, 1.165) is 27.8 Å². The predicted octanol–water partition coefficient (Wildman–Crippen LogP) is 4.43. The number of fused-ring (bicyclic) bond motifs is 3. The van der Waals surface area contributed by atoms with Gasteiger partial charge in [0, 0.05) is 11.9 Å². The third kappa shape index (κ3) is 3.39. The van der Waals surface area contributed by atoms with E-state index in [1.807, 2.05) is 31.2 Å². The average molecular weight is 451 g/mol. The van der Waals surface area contributed by atoms with E-state index in [0.29, 0.717) is 22.6 Å². The first-order valence-electron chi connectivity index (χ1n) is 9.87. The molecule has 0 aliphatic heterocycles. The quantitative estimate of drug-likeness (QED) is 0.406. The molecule has 0 saturated carbocycles. The third-order valence-electron chi connectivity index (χ3n) is 5.38. The lowest BCUT2D eigenvalue weighted by atomic mass is 10.1. The first-order valence-corrected chi connectivity index (χ1v) is 9.87. The van der Waals surface area contributed by atoms with Gasteiger partial charge in [-0.05, 0) is 48.9 Å². The molecule has 0 aliphatic carbocycles. The maximum absolute atomic E-state index is 13.1. The van der Waals surface area contributed by atoms with Crippen molar-refractivity contribution in [2.45, 2.75) is 13.1 Å². The Morgan fingerprint density at radius 2 is 1.76 bits per heavy atom. The number of benzene rings is 2. The Labute approximate surface area is 184 Å². The van der Waals surface area contributed by atoms with Crippen molar-refractivity contribution in [2.75, 3.05) is 7.11 Å². The maximum atomic E-state index is 13.1. The number of aryl methyl sites for hydroxylation is 1. The molecule has 0 radical (unpaired) electrons. The van der Waals surface area contributed by atoms with Gasteiger partial charge in [0.2, 0.25) is 0 Å². The summed E-state index contributed by atoms with van der Waals surface area (Å²) in [5.41, 5.74) is 1.78. The van der Waals surface area contributed by atoms with Crippen molar-refractivity contribution in [3.63, 3.8) is 0 Å². The van der Waals surface area contributed by atoms with Gasteiger partial charge in [0.15, 0.2) is 11.2 Å². The van der Waals surface area contributed by atoms with Crippen LogP contribution in [0.15, 0.2) is 65.6 Å². The van der Waals surface area contributed by atoms with Crippen molar-refractivity contribution >= 4 is 16.7 Å². The highest BCUT2D eigenvalue weighted by Gasteiger charge is 2.30. The number of nitrogens with zero attached hydrogens (tertiary/aromatic N) is 5. The Morgan fingerprint density at radius 3 is 2.45 bits per heavy atom. The van der Waals surface area contributed by atoms with Gasteiger partial charge in [-0.15, -0.1) is 10.2 Å². The Morgan fingerprint density at radius 1 is 1.00 bits per heavy atom. The molecule has 3 heterocycles. The van der Waals surface area contributed by atoms with Crippen LogP contribution in [0, 0.1) is 6.92 Å². The van der Waals surface area contributed by atoms with Gasteiger partial charge < -0.3 is 4.74 Å². The molecule has 33 heavy (non-hydrogen) atoms. The number of alkyl halides is 3. The smallest absolute Gasteiger partial charge is 0.416 e. The minimum Gasteiger partial charge on any atom is -0.497 e. The molecule has 0 amide bonds. The van der Waals surface area contributed by atoms with Crippen LogP contribution in [0.5, 0.6) is 5.75 Å². The van der Waals surface area contributed by atoms with Crippen LogP contribution >= 0.6 is 0 Å². The highest BCUT2D eigenvalue weighted by molar-refractivity contribution is 5.84. The van der Waals surface area contributed by atoms with E-state index in [1.165, 1.54) is 22.8 Å². The molecule has 5 rings (SSSR count). The van der Waals surface area contributed by atoms with Crippen molar-refractivity contribution in [2.24, 2.45) is 0 Å². The number of hydrogen-bond donors (Lipinski definition) is 0. The number of rotatable bonds is 3. The lowest BCUT2D eigenvalue weighted by Gasteiger charge is -2.11. The molecule has 5 aromatic rings. The lowest BCUT2D eigenvalue weighted by Crippen LogP contribution is -2.20. The Hall–Kier alpha value is -4.21. The van der Waals surface area contributed by atoms with E-state index in [-0.39, 0.29) is 11.2 Å². The summed E-state index contributed by atoms with van der Waals surface area (Å²) in [7, 11) is 1.58. The maximum Gasteiger partial charge on any atom is 0.416 e. The van der Waals surface area contributed by atoms with Crippen molar-refractivity contribution in [1.29, 1.82) is 0 Å². The molecule has 7 nitrogen and oxygen atoms in total. The molecule has 10 heteroatoms. The summed E-state index contributed by atoms with van der Waals surface area (Å²) in [6.45, 7) is 1.82. The minimum absolute atomic E-state index is 0.00815. The molecule has 3 aromatic heterocycles. The summed E-state index contributed by atoms with van der Waals surface area (Å²) < 4.78 is 47.2. The topological polar surface area (TPSA) is 74.3 Å². The van der Waals surface area contributed by atoms with E-state index >= 15 is 0 Å². The predicted molar refractivity (Wildman–Crippen MR) is 116 cm³/mol. The molecular formula is C23H16F3N5O2. The Balaban J connectivity index is 1.68. The molecular weight excluding hydrogens is 435 g/mol. The highest BCUT2D eigenvalue weighted by Crippen LogP contribution is 2.31. The standard InChI is InChI=1S/C23H16F3N5O2/c1-13-19(14-6-8-17(33-2)9-7-14)21-28-27-20-18(31(21)29-13)10-11-30(22(20)32)16-5-3-4-15(12-16)23(24,25)26/h3-12H,1-2H3. The van der Waals surface area contributed by atoms with Gasteiger partial charge >= 0.3 is 6.18 Å². The van der Waals surface area contributed by atoms with Crippen LogP contribution in [0.2, 0.25) is 0 Å². The third-order valence-corrected chi connectivity index (χ3v) is 5.38. The van der Waals surface area contributed by atoms with Gasteiger partial charge in [-0.2, -0.15) is 18.3 Å². The van der Waals surface area contributed by atoms with E-state index in [4.69, 9.17) is 4.74 Å². The number of pyridine rings is 1. The van der Waals surface area contributed by atoms with Crippen molar-refractivity contribution < 1.29 is 17.9 Å². The number of aromatic nitrogens is 5. The molecule has 166 valence electrons. The summed E-state index contributed by atoms with van der Waals surface area (Å²) in [6, 6.07) is 13.5. The molecule has 0 aliphatic rings. The number of methoxy groups -OCH3 is 1. The largest absolute Gasteiger partial charge is 0.497 e. The Kier molecular flexibility index (Phi) is 4.66. The van der Waals surface area contributed by atoms with Crippen LogP contribution in [0.4, 0.5) is 13.2 Å². The second-order valence-corrected chi connectivity index (χ2v) is 7.40. The second-order valence-electron chi connectivity index (χ2n) is 7.40. The monoisotopic (exact) mass is 451 g/mol. The normalized spacial score (nSPS) is 11.9. The number of halogens is 3. The molecule has 0 atom stereocenters. The Bertz CT molecular complexity index is 1570. The van der Waals surface area contributed by atoms with Crippen LogP contribution in [0.3, 0.4) is 0 Å². The number of hydrogen-bond acceptors (Lipinski definition) is 5. The van der Waals surface area contributed by atoms with Crippen LogP contribution < -0.4 is 10.3 Å².